The van der Waals surface area contributed by atoms with Crippen LogP contribution in [0.2, 0.25) is 0 Å². The van der Waals surface area contributed by atoms with E-state index >= 15 is 0 Å². The molecular formula is C28H43ClN4O4S. The zero-order valence-electron chi connectivity index (χ0n) is 23.0. The van der Waals surface area contributed by atoms with Crippen molar-refractivity contribution in [1.82, 2.24) is 14.9 Å². The summed E-state index contributed by atoms with van der Waals surface area (Å²) in [5.74, 6) is 0.946. The van der Waals surface area contributed by atoms with Crippen molar-refractivity contribution in [3.63, 3.8) is 0 Å². The number of ether oxygens (including phenoxy) is 1. The number of aromatic nitrogens is 2. The van der Waals surface area contributed by atoms with Crippen molar-refractivity contribution in [2.24, 2.45) is 23.5 Å². The smallest absolute Gasteiger partial charge is 0.308 e. The van der Waals surface area contributed by atoms with Crippen molar-refractivity contribution in [2.45, 2.75) is 113 Å². The maximum atomic E-state index is 13.6. The Balaban J connectivity index is 1.32. The highest BCUT2D eigenvalue weighted by Crippen LogP contribution is 2.48. The van der Waals surface area contributed by atoms with Gasteiger partial charge in [-0.3, -0.25) is 14.2 Å². The third-order valence-electron chi connectivity index (χ3n) is 9.76. The average molecular weight is 567 g/mol. The van der Waals surface area contributed by atoms with Gasteiger partial charge in [-0.15, -0.1) is 11.6 Å². The Morgan fingerprint density at radius 2 is 2.05 bits per heavy atom. The number of nitrogens with zero attached hydrogens (tertiary/aromatic N) is 2. The predicted molar refractivity (Wildman–Crippen MR) is 151 cm³/mol. The van der Waals surface area contributed by atoms with E-state index in [0.717, 1.165) is 55.6 Å². The molecule has 0 aromatic carbocycles. The number of aliphatic carboxylic acids is 1. The number of alkyl halides is 1. The van der Waals surface area contributed by atoms with Crippen molar-refractivity contribution in [3.8, 4) is 0 Å². The number of nitrogens with two attached hydrogens (primary N) is 1. The first-order valence-electron chi connectivity index (χ1n) is 14.2. The summed E-state index contributed by atoms with van der Waals surface area (Å²) in [6.07, 6.45) is 5.32. The first-order valence-corrected chi connectivity index (χ1v) is 15.7. The van der Waals surface area contributed by atoms with Crippen LogP contribution in [0.1, 0.15) is 70.0 Å². The summed E-state index contributed by atoms with van der Waals surface area (Å²) >= 11 is 8.50. The van der Waals surface area contributed by atoms with Gasteiger partial charge >= 0.3 is 5.97 Å². The summed E-state index contributed by atoms with van der Waals surface area (Å²) in [6, 6.07) is 0.185. The molecule has 4 aliphatic rings. The lowest BCUT2D eigenvalue weighted by Crippen LogP contribution is -2.57. The van der Waals surface area contributed by atoms with E-state index in [9.17, 15) is 14.7 Å². The lowest BCUT2D eigenvalue weighted by atomic mass is 9.70. The van der Waals surface area contributed by atoms with Gasteiger partial charge in [0.1, 0.15) is 5.82 Å². The van der Waals surface area contributed by atoms with Gasteiger partial charge in [0.05, 0.1) is 30.9 Å². The lowest BCUT2D eigenvalue weighted by molar-refractivity contribution is -0.142. The molecule has 5 rings (SSSR count). The molecule has 3 heterocycles. The fourth-order valence-electron chi connectivity index (χ4n) is 7.56. The van der Waals surface area contributed by atoms with Gasteiger partial charge in [0, 0.05) is 45.5 Å². The van der Waals surface area contributed by atoms with Crippen molar-refractivity contribution in [3.05, 3.63) is 27.4 Å². The average Bonchev–Trinajstić information content (AvgIpc) is 3.27. The monoisotopic (exact) mass is 566 g/mol. The number of carboxylic acids is 1. The number of thioether (sulfide) groups is 1. The van der Waals surface area contributed by atoms with Gasteiger partial charge in [-0.05, 0) is 64.2 Å². The molecular weight excluding hydrogens is 524 g/mol. The first kappa shape index (κ1) is 28.4. The third kappa shape index (κ3) is 5.18. The molecule has 1 saturated carbocycles. The number of rotatable bonds is 6. The van der Waals surface area contributed by atoms with Crippen LogP contribution in [-0.4, -0.2) is 67.8 Å². The molecule has 38 heavy (non-hydrogen) atoms. The highest BCUT2D eigenvalue weighted by Gasteiger charge is 2.51. The number of aryl methyl sites for hydroxylation is 2. The zero-order valence-corrected chi connectivity index (χ0v) is 24.6. The maximum absolute atomic E-state index is 13.6. The van der Waals surface area contributed by atoms with Crippen LogP contribution in [0, 0.1) is 24.7 Å². The summed E-state index contributed by atoms with van der Waals surface area (Å²) in [5, 5.41) is 13.7. The molecule has 1 aromatic rings. The minimum atomic E-state index is -0.708. The molecule has 0 radical (unpaired) electrons. The Morgan fingerprint density at radius 1 is 1.29 bits per heavy atom. The van der Waals surface area contributed by atoms with Gasteiger partial charge in [-0.25, -0.2) is 4.98 Å². The number of nitrogens with one attached hydrogen (secondary N) is 1. The molecule has 2 saturated heterocycles. The van der Waals surface area contributed by atoms with Crippen LogP contribution in [0.5, 0.6) is 0 Å². The van der Waals surface area contributed by atoms with Gasteiger partial charge in [-0.2, -0.15) is 11.8 Å². The minimum Gasteiger partial charge on any atom is -0.481 e. The summed E-state index contributed by atoms with van der Waals surface area (Å²) in [5.41, 5.74) is 7.64. The largest absolute Gasteiger partial charge is 0.481 e. The van der Waals surface area contributed by atoms with Crippen molar-refractivity contribution in [2.75, 3.05) is 12.4 Å². The molecule has 212 valence electrons. The molecule has 9 atom stereocenters. The van der Waals surface area contributed by atoms with Gasteiger partial charge < -0.3 is 20.9 Å². The summed E-state index contributed by atoms with van der Waals surface area (Å²) < 4.78 is 8.33. The van der Waals surface area contributed by atoms with Crippen molar-refractivity contribution in [1.29, 1.82) is 0 Å². The number of halogens is 1. The number of hydrogen-bond acceptors (Lipinski definition) is 7. The normalized spacial score (nSPS) is 38.4. The molecule has 3 fully saturated rings. The molecule has 0 spiro atoms. The Kier molecular flexibility index (Phi) is 8.25. The second-order valence-corrected chi connectivity index (χ2v) is 14.4. The standard InChI is InChI=1S/C28H43ClN4O4S/c1-14-11-18(25-24(31-14)19(13-38-25)27(35)36)17-12-16(29)5-7-21(17)37-10-9-33-15(2)32-20-6-8-22(30)28(3,4)23(20)26(33)34/h14,16-19,21-22,24-25,31H,5-13,30H2,1-4H3,(H,35,36). The van der Waals surface area contributed by atoms with Crippen LogP contribution in [-0.2, 0) is 27.9 Å². The summed E-state index contributed by atoms with van der Waals surface area (Å²) in [6.45, 7) is 9.04. The maximum Gasteiger partial charge on any atom is 0.308 e. The molecule has 0 amide bonds. The Bertz CT molecular complexity index is 1110. The molecule has 10 heteroatoms. The quantitative estimate of drug-likeness (QED) is 0.449. The van der Waals surface area contributed by atoms with Crippen LogP contribution >= 0.6 is 23.4 Å². The van der Waals surface area contributed by atoms with E-state index in [1.54, 1.807) is 16.3 Å². The number of fused-ring (bicyclic) bond motifs is 2. The van der Waals surface area contributed by atoms with Gasteiger partial charge in [0.2, 0.25) is 0 Å². The van der Waals surface area contributed by atoms with E-state index in [1.165, 1.54) is 0 Å². The number of carboxylic acid groups (broad SMARTS) is 1. The van der Waals surface area contributed by atoms with E-state index in [-0.39, 0.29) is 52.3 Å². The minimum absolute atomic E-state index is 0.00866. The topological polar surface area (TPSA) is 119 Å². The molecule has 0 bridgehead atoms. The fraction of sp³-hybridized carbons (Fsp3) is 0.821. The number of hydrogen-bond donors (Lipinski definition) is 3. The SMILES string of the molecule is Cc1nc2c(c(=O)n1CCOC1CCC(Cl)CC1C1CC(C)NC3C(C(=O)O)CSC13)C(C)(C)C(N)CC2. The van der Waals surface area contributed by atoms with Gasteiger partial charge in [0.25, 0.3) is 5.56 Å². The van der Waals surface area contributed by atoms with Crippen molar-refractivity contribution >= 4 is 29.3 Å². The third-order valence-corrected chi connectivity index (χ3v) is 11.7. The van der Waals surface area contributed by atoms with Gasteiger partial charge in [-0.1, -0.05) is 13.8 Å². The van der Waals surface area contributed by atoms with E-state index in [0.29, 0.717) is 24.8 Å². The van der Waals surface area contributed by atoms with E-state index in [4.69, 9.17) is 27.1 Å². The molecule has 2 aliphatic carbocycles. The van der Waals surface area contributed by atoms with Crippen LogP contribution < -0.4 is 16.6 Å². The van der Waals surface area contributed by atoms with Crippen molar-refractivity contribution < 1.29 is 14.6 Å². The summed E-state index contributed by atoms with van der Waals surface area (Å²) in [4.78, 5) is 30.3. The highest BCUT2D eigenvalue weighted by molar-refractivity contribution is 8.00. The molecule has 4 N–H and O–H groups in total. The number of piperidine rings is 1. The van der Waals surface area contributed by atoms with E-state index in [1.807, 2.05) is 20.8 Å². The Hall–Kier alpha value is -1.13. The second kappa shape index (κ2) is 11.0. The van der Waals surface area contributed by atoms with Gasteiger partial charge in [0.15, 0.2) is 0 Å². The molecule has 8 nitrogen and oxygen atoms in total. The molecule has 9 unspecified atom stereocenters. The Morgan fingerprint density at radius 3 is 2.79 bits per heavy atom. The highest BCUT2D eigenvalue weighted by atomic mass is 35.5. The Labute approximate surface area is 234 Å². The molecule has 2 aliphatic heterocycles. The van der Waals surface area contributed by atoms with E-state index in [2.05, 4.69) is 12.2 Å². The fourth-order valence-corrected chi connectivity index (χ4v) is 9.71. The zero-order chi connectivity index (χ0) is 27.4. The van der Waals surface area contributed by atoms with Crippen LogP contribution in [0.15, 0.2) is 4.79 Å². The second-order valence-electron chi connectivity index (χ2n) is 12.5. The van der Waals surface area contributed by atoms with Crippen LogP contribution in [0.25, 0.3) is 0 Å². The lowest BCUT2D eigenvalue weighted by Gasteiger charge is -2.47. The predicted octanol–water partition coefficient (Wildman–Crippen LogP) is 3.08. The summed E-state index contributed by atoms with van der Waals surface area (Å²) in [7, 11) is 0. The van der Waals surface area contributed by atoms with Crippen LogP contribution in [0.3, 0.4) is 0 Å². The first-order chi connectivity index (χ1) is 18.0. The van der Waals surface area contributed by atoms with E-state index < -0.39 is 11.4 Å². The van der Waals surface area contributed by atoms with Crippen LogP contribution in [0.4, 0.5) is 0 Å². The number of carbonyl (C=O) groups is 1. The molecule has 1 aromatic heterocycles.